The Bertz CT molecular complexity index is 602. The van der Waals surface area contributed by atoms with Crippen LogP contribution in [0.1, 0.15) is 38.1 Å². The molecular formula is C16H20N2S. The molecule has 1 heterocycles. The van der Waals surface area contributed by atoms with Gasteiger partial charge in [-0.25, -0.2) is 4.98 Å². The Kier molecular flexibility index (Phi) is 4.86. The average Bonchev–Trinajstić information content (AvgIpc) is 2.39. The van der Waals surface area contributed by atoms with Crippen LogP contribution in [-0.4, -0.2) is 9.97 Å². The van der Waals surface area contributed by atoms with Crippen LogP contribution in [0.25, 0.3) is 11.3 Å². The Labute approximate surface area is 119 Å². The number of benzene rings is 1. The van der Waals surface area contributed by atoms with Crippen molar-refractivity contribution >= 4 is 12.2 Å². The Balaban J connectivity index is 2.40. The topological polar surface area (TPSA) is 28.7 Å². The van der Waals surface area contributed by atoms with Crippen LogP contribution in [0, 0.1) is 4.64 Å². The van der Waals surface area contributed by atoms with Crippen molar-refractivity contribution in [1.29, 1.82) is 0 Å². The van der Waals surface area contributed by atoms with Gasteiger partial charge in [0, 0.05) is 12.1 Å². The zero-order valence-corrected chi connectivity index (χ0v) is 12.4. The lowest BCUT2D eigenvalue weighted by molar-refractivity contribution is 0.833. The molecule has 2 rings (SSSR count). The van der Waals surface area contributed by atoms with Gasteiger partial charge < -0.3 is 4.98 Å². The first-order valence-corrected chi connectivity index (χ1v) is 7.33. The number of aromatic amines is 1. The predicted molar refractivity (Wildman–Crippen MR) is 82.8 cm³/mol. The quantitative estimate of drug-likeness (QED) is 0.798. The third-order valence-electron chi connectivity index (χ3n) is 3.06. The summed E-state index contributed by atoms with van der Waals surface area (Å²) >= 11 is 5.25. The summed E-state index contributed by atoms with van der Waals surface area (Å²) in [4.78, 5) is 7.76. The lowest BCUT2D eigenvalue weighted by Gasteiger charge is -2.07. The van der Waals surface area contributed by atoms with Crippen LogP contribution in [0.2, 0.25) is 0 Å². The van der Waals surface area contributed by atoms with E-state index in [0.29, 0.717) is 4.64 Å². The van der Waals surface area contributed by atoms with Gasteiger partial charge in [-0.15, -0.1) is 0 Å². The molecule has 0 bridgehead atoms. The maximum atomic E-state index is 5.25. The van der Waals surface area contributed by atoms with E-state index in [2.05, 4.69) is 48.1 Å². The van der Waals surface area contributed by atoms with Gasteiger partial charge in [0.2, 0.25) is 0 Å². The van der Waals surface area contributed by atoms with Gasteiger partial charge in [-0.05, 0) is 36.1 Å². The maximum Gasteiger partial charge on any atom is 0.130 e. The van der Waals surface area contributed by atoms with Gasteiger partial charge >= 0.3 is 0 Å². The van der Waals surface area contributed by atoms with Gasteiger partial charge in [0.15, 0.2) is 0 Å². The van der Waals surface area contributed by atoms with Crippen molar-refractivity contribution in [1.82, 2.24) is 9.97 Å². The lowest BCUT2D eigenvalue weighted by Crippen LogP contribution is -1.97. The molecule has 0 fully saturated rings. The van der Waals surface area contributed by atoms with Gasteiger partial charge in [-0.2, -0.15) is 0 Å². The lowest BCUT2D eigenvalue weighted by atomic mass is 10.0. The molecule has 0 aliphatic rings. The van der Waals surface area contributed by atoms with Gasteiger partial charge in [0.05, 0.1) is 0 Å². The summed E-state index contributed by atoms with van der Waals surface area (Å²) in [7, 11) is 0. The number of nitrogens with zero attached hydrogens (tertiary/aromatic N) is 1. The van der Waals surface area contributed by atoms with E-state index in [1.165, 1.54) is 11.1 Å². The minimum absolute atomic E-state index is 0.665. The summed E-state index contributed by atoms with van der Waals surface area (Å²) in [6, 6.07) is 10.6. The molecule has 0 unspecified atom stereocenters. The average molecular weight is 272 g/mol. The molecule has 0 aliphatic carbocycles. The van der Waals surface area contributed by atoms with Crippen LogP contribution in [0.3, 0.4) is 0 Å². The highest BCUT2D eigenvalue weighted by molar-refractivity contribution is 7.71. The van der Waals surface area contributed by atoms with Crippen LogP contribution < -0.4 is 0 Å². The van der Waals surface area contributed by atoms with Gasteiger partial charge in [0.1, 0.15) is 10.5 Å². The largest absolute Gasteiger partial charge is 0.343 e. The number of aryl methyl sites for hydroxylation is 2. The van der Waals surface area contributed by atoms with Crippen LogP contribution in [0.15, 0.2) is 30.3 Å². The van der Waals surface area contributed by atoms with Crippen molar-refractivity contribution in [2.75, 3.05) is 0 Å². The van der Waals surface area contributed by atoms with E-state index < -0.39 is 0 Å². The SMILES string of the molecule is CCCc1cccc(-c2cc(=S)nc(CCC)[nH]2)c1. The van der Waals surface area contributed by atoms with Crippen molar-refractivity contribution < 1.29 is 0 Å². The molecule has 0 aliphatic heterocycles. The Morgan fingerprint density at radius 1 is 1.11 bits per heavy atom. The molecule has 2 nitrogen and oxygen atoms in total. The zero-order chi connectivity index (χ0) is 13.7. The number of hydrogen-bond acceptors (Lipinski definition) is 2. The Hall–Kier alpha value is -1.48. The van der Waals surface area contributed by atoms with Crippen molar-refractivity contribution in [3.05, 3.63) is 46.4 Å². The minimum atomic E-state index is 0.665. The van der Waals surface area contributed by atoms with Crippen molar-refractivity contribution in [3.63, 3.8) is 0 Å². The van der Waals surface area contributed by atoms with Gasteiger partial charge in [-0.1, -0.05) is 50.7 Å². The Morgan fingerprint density at radius 2 is 1.89 bits per heavy atom. The fourth-order valence-electron chi connectivity index (χ4n) is 2.20. The molecule has 1 N–H and O–H groups in total. The molecule has 1 aromatic carbocycles. The molecule has 0 amide bonds. The van der Waals surface area contributed by atoms with E-state index in [4.69, 9.17) is 12.2 Å². The first-order valence-electron chi connectivity index (χ1n) is 6.92. The highest BCUT2D eigenvalue weighted by atomic mass is 32.1. The van der Waals surface area contributed by atoms with E-state index in [1.54, 1.807) is 0 Å². The number of nitrogens with one attached hydrogen (secondary N) is 1. The maximum absolute atomic E-state index is 5.25. The molecule has 0 atom stereocenters. The fourth-order valence-corrected chi connectivity index (χ4v) is 2.43. The second-order valence-electron chi connectivity index (χ2n) is 4.78. The fraction of sp³-hybridized carbons (Fsp3) is 0.375. The summed E-state index contributed by atoms with van der Waals surface area (Å²) in [5, 5.41) is 0. The minimum Gasteiger partial charge on any atom is -0.343 e. The molecule has 1 aromatic heterocycles. The van der Waals surface area contributed by atoms with E-state index in [1.807, 2.05) is 6.07 Å². The van der Waals surface area contributed by atoms with E-state index in [9.17, 15) is 0 Å². The second-order valence-corrected chi connectivity index (χ2v) is 5.20. The van der Waals surface area contributed by atoms with Crippen LogP contribution in [-0.2, 0) is 12.8 Å². The Morgan fingerprint density at radius 3 is 2.63 bits per heavy atom. The van der Waals surface area contributed by atoms with E-state index in [0.717, 1.165) is 37.2 Å². The third-order valence-corrected chi connectivity index (χ3v) is 3.26. The normalized spacial score (nSPS) is 10.6. The zero-order valence-electron chi connectivity index (χ0n) is 11.6. The molecule has 3 heteroatoms. The van der Waals surface area contributed by atoms with Gasteiger partial charge in [0.25, 0.3) is 0 Å². The molecule has 0 spiro atoms. The van der Waals surface area contributed by atoms with E-state index >= 15 is 0 Å². The first-order chi connectivity index (χ1) is 9.22. The third kappa shape index (κ3) is 3.74. The molecular weight excluding hydrogens is 252 g/mol. The molecule has 2 aromatic rings. The molecule has 19 heavy (non-hydrogen) atoms. The molecule has 0 saturated heterocycles. The number of H-pyrrole nitrogens is 1. The standard InChI is InChI=1S/C16H20N2S/c1-3-6-12-8-5-9-13(10-12)14-11-16(19)18-15(17-14)7-4-2/h5,8-11H,3-4,6-7H2,1-2H3,(H,17,18,19). The summed E-state index contributed by atoms with van der Waals surface area (Å²) in [6.07, 6.45) is 4.28. The van der Waals surface area contributed by atoms with Crippen molar-refractivity contribution in [3.8, 4) is 11.3 Å². The number of rotatable bonds is 5. The predicted octanol–water partition coefficient (Wildman–Crippen LogP) is 4.71. The summed E-state index contributed by atoms with van der Waals surface area (Å²) in [5.41, 5.74) is 3.63. The monoisotopic (exact) mass is 272 g/mol. The highest BCUT2D eigenvalue weighted by Crippen LogP contribution is 2.19. The van der Waals surface area contributed by atoms with Crippen molar-refractivity contribution in [2.45, 2.75) is 39.5 Å². The van der Waals surface area contributed by atoms with Crippen LogP contribution in [0.4, 0.5) is 0 Å². The molecule has 100 valence electrons. The second kappa shape index (κ2) is 6.62. The number of aromatic nitrogens is 2. The summed E-state index contributed by atoms with van der Waals surface area (Å²) in [6.45, 7) is 4.35. The van der Waals surface area contributed by atoms with Crippen LogP contribution in [0.5, 0.6) is 0 Å². The van der Waals surface area contributed by atoms with E-state index in [-0.39, 0.29) is 0 Å². The number of hydrogen-bond donors (Lipinski definition) is 1. The summed E-state index contributed by atoms with van der Waals surface area (Å²) < 4.78 is 0.665. The summed E-state index contributed by atoms with van der Waals surface area (Å²) in [5.74, 6) is 0.978. The van der Waals surface area contributed by atoms with Gasteiger partial charge in [-0.3, -0.25) is 0 Å². The first kappa shape index (κ1) is 13.9. The highest BCUT2D eigenvalue weighted by Gasteiger charge is 2.02. The molecule has 0 saturated carbocycles. The van der Waals surface area contributed by atoms with Crippen LogP contribution >= 0.6 is 12.2 Å². The van der Waals surface area contributed by atoms with Crippen molar-refractivity contribution in [2.24, 2.45) is 0 Å². The molecule has 0 radical (unpaired) electrons. The smallest absolute Gasteiger partial charge is 0.130 e.